The standard InChI is InChI=1S/C21H26N4O5/c1-4-22-21(27)14-30-18-10-5-15(11-19(18)29-3)12-24-25-20(26)13-23-16-6-8-17(28-2)9-7-16/h5-12,23H,4,13-14H2,1-3H3,(H,22,27)(H,25,26)/b24-12-. The highest BCUT2D eigenvalue weighted by Crippen LogP contribution is 2.27. The van der Waals surface area contributed by atoms with Gasteiger partial charge in [-0.3, -0.25) is 9.59 Å². The minimum atomic E-state index is -0.295. The number of rotatable bonds is 11. The molecule has 30 heavy (non-hydrogen) atoms. The predicted molar refractivity (Wildman–Crippen MR) is 114 cm³/mol. The van der Waals surface area contributed by atoms with Crippen molar-refractivity contribution in [2.24, 2.45) is 5.10 Å². The van der Waals surface area contributed by atoms with Crippen LogP contribution in [-0.2, 0) is 9.59 Å². The quantitative estimate of drug-likeness (QED) is 0.382. The van der Waals surface area contributed by atoms with Crippen LogP contribution >= 0.6 is 0 Å². The van der Waals surface area contributed by atoms with Crippen LogP contribution in [0.5, 0.6) is 17.2 Å². The van der Waals surface area contributed by atoms with Gasteiger partial charge in [-0.1, -0.05) is 0 Å². The van der Waals surface area contributed by atoms with E-state index in [1.165, 1.54) is 13.3 Å². The number of nitrogens with one attached hydrogen (secondary N) is 3. The number of anilines is 1. The molecule has 9 nitrogen and oxygen atoms in total. The van der Waals surface area contributed by atoms with Crippen molar-refractivity contribution in [2.45, 2.75) is 6.92 Å². The van der Waals surface area contributed by atoms with Crippen molar-refractivity contribution in [3.05, 3.63) is 48.0 Å². The molecule has 0 saturated heterocycles. The van der Waals surface area contributed by atoms with Crippen molar-refractivity contribution in [3.8, 4) is 17.2 Å². The molecule has 0 aliphatic rings. The van der Waals surface area contributed by atoms with Gasteiger partial charge in [-0.15, -0.1) is 0 Å². The summed E-state index contributed by atoms with van der Waals surface area (Å²) in [5.41, 5.74) is 3.94. The van der Waals surface area contributed by atoms with Crippen LogP contribution in [0.25, 0.3) is 0 Å². The second-order valence-electron chi connectivity index (χ2n) is 6.03. The van der Waals surface area contributed by atoms with Crippen molar-refractivity contribution in [3.63, 3.8) is 0 Å². The Morgan fingerprint density at radius 3 is 2.43 bits per heavy atom. The lowest BCUT2D eigenvalue weighted by Crippen LogP contribution is -2.28. The Kier molecular flexibility index (Phi) is 8.98. The molecule has 2 aromatic rings. The number of ether oxygens (including phenoxy) is 3. The topological polar surface area (TPSA) is 110 Å². The number of hydrazone groups is 1. The molecule has 2 rings (SSSR count). The molecule has 0 aliphatic carbocycles. The van der Waals surface area contributed by atoms with E-state index in [-0.39, 0.29) is 25.0 Å². The summed E-state index contributed by atoms with van der Waals surface area (Å²) in [6.45, 7) is 2.34. The summed E-state index contributed by atoms with van der Waals surface area (Å²) >= 11 is 0. The fourth-order valence-electron chi connectivity index (χ4n) is 2.38. The van der Waals surface area contributed by atoms with E-state index in [1.54, 1.807) is 37.4 Å². The van der Waals surface area contributed by atoms with E-state index in [0.717, 1.165) is 11.4 Å². The summed E-state index contributed by atoms with van der Waals surface area (Å²) in [5.74, 6) is 1.13. The summed E-state index contributed by atoms with van der Waals surface area (Å²) in [6, 6.07) is 12.3. The summed E-state index contributed by atoms with van der Waals surface area (Å²) in [5, 5.41) is 9.58. The molecule has 2 amide bonds. The van der Waals surface area contributed by atoms with Gasteiger partial charge in [0.25, 0.3) is 11.8 Å². The summed E-state index contributed by atoms with van der Waals surface area (Å²) < 4.78 is 15.8. The molecule has 0 fully saturated rings. The van der Waals surface area contributed by atoms with Gasteiger partial charge in [0.05, 0.1) is 27.0 Å². The Morgan fingerprint density at radius 2 is 1.77 bits per heavy atom. The molecule has 160 valence electrons. The minimum absolute atomic E-state index is 0.0690. The van der Waals surface area contributed by atoms with Crippen LogP contribution in [0, 0.1) is 0 Å². The van der Waals surface area contributed by atoms with E-state index in [2.05, 4.69) is 21.2 Å². The van der Waals surface area contributed by atoms with E-state index < -0.39 is 0 Å². The first kappa shape index (κ1) is 22.5. The third-order valence-corrected chi connectivity index (χ3v) is 3.87. The summed E-state index contributed by atoms with van der Waals surface area (Å²) in [6.07, 6.45) is 1.49. The lowest BCUT2D eigenvalue weighted by Gasteiger charge is -2.11. The van der Waals surface area contributed by atoms with Gasteiger partial charge in [0.1, 0.15) is 5.75 Å². The van der Waals surface area contributed by atoms with Gasteiger partial charge in [-0.2, -0.15) is 5.10 Å². The molecule has 2 aromatic carbocycles. The fraction of sp³-hybridized carbons (Fsp3) is 0.286. The van der Waals surface area contributed by atoms with Crippen LogP contribution in [0.15, 0.2) is 47.6 Å². The van der Waals surface area contributed by atoms with Gasteiger partial charge in [0.2, 0.25) is 0 Å². The van der Waals surface area contributed by atoms with Crippen LogP contribution in [0.4, 0.5) is 5.69 Å². The number of hydrogen-bond donors (Lipinski definition) is 3. The maximum Gasteiger partial charge on any atom is 0.259 e. The number of likely N-dealkylation sites (N-methyl/N-ethyl adjacent to an activating group) is 1. The first-order valence-corrected chi connectivity index (χ1v) is 9.33. The average molecular weight is 414 g/mol. The Bertz CT molecular complexity index is 868. The zero-order chi connectivity index (χ0) is 21.8. The third-order valence-electron chi connectivity index (χ3n) is 3.87. The van der Waals surface area contributed by atoms with Crippen molar-refractivity contribution >= 4 is 23.7 Å². The van der Waals surface area contributed by atoms with E-state index in [0.29, 0.717) is 23.6 Å². The Morgan fingerprint density at radius 1 is 1.00 bits per heavy atom. The van der Waals surface area contributed by atoms with Crippen molar-refractivity contribution < 1.29 is 23.8 Å². The van der Waals surface area contributed by atoms with Crippen LogP contribution in [0.2, 0.25) is 0 Å². The molecule has 0 radical (unpaired) electrons. The molecule has 9 heteroatoms. The van der Waals surface area contributed by atoms with E-state index >= 15 is 0 Å². The zero-order valence-electron chi connectivity index (χ0n) is 17.2. The van der Waals surface area contributed by atoms with Crippen molar-refractivity contribution in [1.82, 2.24) is 10.7 Å². The van der Waals surface area contributed by atoms with Crippen LogP contribution < -0.4 is 30.3 Å². The monoisotopic (exact) mass is 414 g/mol. The highest BCUT2D eigenvalue weighted by Gasteiger charge is 2.08. The Hall–Kier alpha value is -3.75. The maximum atomic E-state index is 11.9. The van der Waals surface area contributed by atoms with Gasteiger partial charge < -0.3 is 24.8 Å². The number of carbonyl (C=O) groups is 2. The number of hydrogen-bond acceptors (Lipinski definition) is 7. The normalized spacial score (nSPS) is 10.4. The molecular formula is C21H26N4O5. The number of benzene rings is 2. The lowest BCUT2D eigenvalue weighted by atomic mass is 10.2. The molecule has 0 aliphatic heterocycles. The van der Waals surface area contributed by atoms with Gasteiger partial charge in [-0.05, 0) is 55.0 Å². The Balaban J connectivity index is 1.84. The van der Waals surface area contributed by atoms with Gasteiger partial charge in [0.15, 0.2) is 18.1 Å². The molecule has 0 bridgehead atoms. The summed E-state index contributed by atoms with van der Waals surface area (Å²) in [7, 11) is 3.10. The highest BCUT2D eigenvalue weighted by molar-refractivity contribution is 5.85. The largest absolute Gasteiger partial charge is 0.497 e. The van der Waals surface area contributed by atoms with Crippen LogP contribution in [-0.4, -0.2) is 51.9 Å². The first-order valence-electron chi connectivity index (χ1n) is 9.33. The second-order valence-corrected chi connectivity index (χ2v) is 6.03. The molecular weight excluding hydrogens is 388 g/mol. The van der Waals surface area contributed by atoms with Crippen LogP contribution in [0.3, 0.4) is 0 Å². The van der Waals surface area contributed by atoms with Gasteiger partial charge in [-0.25, -0.2) is 5.43 Å². The zero-order valence-corrected chi connectivity index (χ0v) is 17.2. The molecule has 0 atom stereocenters. The van der Waals surface area contributed by atoms with Gasteiger partial charge >= 0.3 is 0 Å². The number of carbonyl (C=O) groups excluding carboxylic acids is 2. The Labute approximate surface area is 175 Å². The number of nitrogens with zero attached hydrogens (tertiary/aromatic N) is 1. The third kappa shape index (κ3) is 7.34. The fourth-order valence-corrected chi connectivity index (χ4v) is 2.38. The van der Waals surface area contributed by atoms with Crippen molar-refractivity contribution in [2.75, 3.05) is 39.2 Å². The van der Waals surface area contributed by atoms with Crippen LogP contribution in [0.1, 0.15) is 12.5 Å². The molecule has 0 heterocycles. The molecule has 0 saturated carbocycles. The summed E-state index contributed by atoms with van der Waals surface area (Å²) in [4.78, 5) is 23.4. The van der Waals surface area contributed by atoms with E-state index in [1.807, 2.05) is 19.1 Å². The molecule has 0 aromatic heterocycles. The highest BCUT2D eigenvalue weighted by atomic mass is 16.5. The van der Waals surface area contributed by atoms with Crippen molar-refractivity contribution in [1.29, 1.82) is 0 Å². The molecule has 0 spiro atoms. The maximum absolute atomic E-state index is 11.9. The number of amides is 2. The predicted octanol–water partition coefficient (Wildman–Crippen LogP) is 1.78. The lowest BCUT2D eigenvalue weighted by molar-refractivity contribution is -0.123. The van der Waals surface area contributed by atoms with E-state index in [4.69, 9.17) is 14.2 Å². The molecule has 3 N–H and O–H groups in total. The molecule has 0 unspecified atom stereocenters. The van der Waals surface area contributed by atoms with E-state index in [9.17, 15) is 9.59 Å². The smallest absolute Gasteiger partial charge is 0.259 e. The second kappa shape index (κ2) is 11.9. The SMILES string of the molecule is CCNC(=O)COc1ccc(/C=N\NC(=O)CNc2ccc(OC)cc2)cc1OC. The minimum Gasteiger partial charge on any atom is -0.497 e. The average Bonchev–Trinajstić information content (AvgIpc) is 2.77. The first-order chi connectivity index (χ1) is 14.5. The number of methoxy groups -OCH3 is 2. The van der Waals surface area contributed by atoms with Gasteiger partial charge in [0, 0.05) is 12.2 Å².